The van der Waals surface area contributed by atoms with E-state index in [9.17, 15) is 0 Å². The van der Waals surface area contributed by atoms with Crippen LogP contribution in [0.2, 0.25) is 0 Å². The maximum Gasteiger partial charge on any atom is 0.137 e. The number of benzene rings is 10. The molecule has 2 nitrogen and oxygen atoms in total. The van der Waals surface area contributed by atoms with E-state index in [1.807, 2.05) is 0 Å². The molecule has 0 N–H and O–H groups in total. The fraction of sp³-hybridized carbons (Fsp3) is 0.0169. The molecule has 0 fully saturated rings. The van der Waals surface area contributed by atoms with Gasteiger partial charge in [0.05, 0.1) is 22.2 Å². The second-order valence-electron chi connectivity index (χ2n) is 16.3. The summed E-state index contributed by atoms with van der Waals surface area (Å²) < 4.78 is 6.57. The Morgan fingerprint density at radius 2 is 0.902 bits per heavy atom. The highest BCUT2D eigenvalue weighted by molar-refractivity contribution is 6.14. The zero-order chi connectivity index (χ0) is 40.1. The van der Waals surface area contributed by atoms with Gasteiger partial charge in [0, 0.05) is 16.6 Å². The highest BCUT2D eigenvalue weighted by atomic mass is 16.3. The van der Waals surface area contributed by atoms with E-state index < -0.39 is 5.41 Å². The molecule has 0 aliphatic heterocycles. The molecule has 2 aliphatic rings. The van der Waals surface area contributed by atoms with E-state index in [0.29, 0.717) is 0 Å². The van der Waals surface area contributed by atoms with Crippen LogP contribution in [0, 0.1) is 0 Å². The van der Waals surface area contributed by atoms with Crippen LogP contribution in [0.25, 0.3) is 77.2 Å². The van der Waals surface area contributed by atoms with Crippen LogP contribution in [0.15, 0.2) is 229 Å². The number of hydrogen-bond acceptors (Lipinski definition) is 2. The minimum Gasteiger partial charge on any atom is -0.456 e. The van der Waals surface area contributed by atoms with Gasteiger partial charge in [-0.05, 0) is 108 Å². The van der Waals surface area contributed by atoms with Gasteiger partial charge in [0.1, 0.15) is 11.2 Å². The van der Waals surface area contributed by atoms with Gasteiger partial charge in [-0.15, -0.1) is 0 Å². The molecule has 284 valence electrons. The van der Waals surface area contributed by atoms with Crippen LogP contribution in [0.3, 0.4) is 0 Å². The van der Waals surface area contributed by atoms with Crippen LogP contribution in [-0.4, -0.2) is 0 Å². The molecular weight excluding hydrogens is 739 g/mol. The molecule has 1 spiro atoms. The molecule has 10 aromatic carbocycles. The molecular formula is C59H37NO. The van der Waals surface area contributed by atoms with Crippen LogP contribution in [-0.2, 0) is 5.41 Å². The average Bonchev–Trinajstić information content (AvgIpc) is 3.85. The van der Waals surface area contributed by atoms with Gasteiger partial charge in [-0.2, -0.15) is 0 Å². The molecule has 1 atom stereocenters. The fourth-order valence-corrected chi connectivity index (χ4v) is 10.9. The summed E-state index contributed by atoms with van der Waals surface area (Å²) in [5, 5.41) is 4.75. The lowest BCUT2D eigenvalue weighted by Gasteiger charge is -2.41. The molecule has 0 radical (unpaired) electrons. The first-order chi connectivity index (χ1) is 30.3. The maximum absolute atomic E-state index is 6.57. The third-order valence-corrected chi connectivity index (χ3v) is 13.3. The summed E-state index contributed by atoms with van der Waals surface area (Å²) in [7, 11) is 0. The molecule has 0 saturated heterocycles. The second kappa shape index (κ2) is 13.0. The van der Waals surface area contributed by atoms with Crippen molar-refractivity contribution in [1.82, 2.24) is 0 Å². The van der Waals surface area contributed by atoms with E-state index in [2.05, 4.69) is 229 Å². The number of fused-ring (bicyclic) bond motifs is 12. The predicted octanol–water partition coefficient (Wildman–Crippen LogP) is 15.9. The first kappa shape index (κ1) is 34.0. The van der Waals surface area contributed by atoms with Crippen molar-refractivity contribution >= 4 is 49.8 Å². The summed E-state index contributed by atoms with van der Waals surface area (Å²) >= 11 is 0. The van der Waals surface area contributed by atoms with Crippen LogP contribution < -0.4 is 4.90 Å². The molecule has 0 bridgehead atoms. The van der Waals surface area contributed by atoms with Crippen molar-refractivity contribution in [3.05, 3.63) is 247 Å². The van der Waals surface area contributed by atoms with Crippen LogP contribution in [0.1, 0.15) is 22.3 Å². The number of para-hydroxylation sites is 2. The molecule has 0 saturated carbocycles. The largest absolute Gasteiger partial charge is 0.456 e. The summed E-state index contributed by atoms with van der Waals surface area (Å²) in [4.78, 5) is 2.48. The number of rotatable bonds is 5. The van der Waals surface area contributed by atoms with Gasteiger partial charge in [-0.3, -0.25) is 0 Å². The van der Waals surface area contributed by atoms with Crippen LogP contribution >= 0.6 is 0 Å². The first-order valence-corrected chi connectivity index (χ1v) is 21.1. The van der Waals surface area contributed by atoms with Gasteiger partial charge < -0.3 is 9.32 Å². The molecule has 1 heterocycles. The van der Waals surface area contributed by atoms with Gasteiger partial charge in [-0.25, -0.2) is 0 Å². The Morgan fingerprint density at radius 1 is 0.344 bits per heavy atom. The van der Waals surface area contributed by atoms with Crippen LogP contribution in [0.5, 0.6) is 0 Å². The number of furan rings is 1. The molecule has 11 aromatic rings. The van der Waals surface area contributed by atoms with Gasteiger partial charge >= 0.3 is 0 Å². The van der Waals surface area contributed by atoms with Crippen molar-refractivity contribution in [2.45, 2.75) is 5.41 Å². The molecule has 0 amide bonds. The standard InChI is InChI=1S/C59H37NO/c1-3-17-38(18-4-1)42-22-9-13-29-52(42)60(53-30-16-32-55-57(53)48-25-10-14-31-54(48)61-55)41-34-36-46-44-23-7-11-27-49(44)59(51(46)37-41)50-28-12-8-24-45(50)47-26-15-21-40-33-35-43(58(59)56(40)47)39-19-5-2-6-20-39/h1-37H. The Morgan fingerprint density at radius 3 is 1.69 bits per heavy atom. The molecule has 1 aromatic heterocycles. The second-order valence-corrected chi connectivity index (χ2v) is 16.3. The summed E-state index contributed by atoms with van der Waals surface area (Å²) in [6.45, 7) is 0. The number of hydrogen-bond donors (Lipinski definition) is 0. The molecule has 2 aliphatic carbocycles. The van der Waals surface area contributed by atoms with E-state index >= 15 is 0 Å². The monoisotopic (exact) mass is 775 g/mol. The molecule has 61 heavy (non-hydrogen) atoms. The van der Waals surface area contributed by atoms with Gasteiger partial charge in [0.15, 0.2) is 0 Å². The minimum atomic E-state index is -0.628. The lowest BCUT2D eigenvalue weighted by atomic mass is 9.60. The van der Waals surface area contributed by atoms with E-state index in [1.54, 1.807) is 0 Å². The molecule has 2 heteroatoms. The Bertz CT molecular complexity index is 3550. The van der Waals surface area contributed by atoms with Crippen molar-refractivity contribution in [3.63, 3.8) is 0 Å². The topological polar surface area (TPSA) is 16.4 Å². The lowest BCUT2D eigenvalue weighted by molar-refractivity contribution is 0.669. The van der Waals surface area contributed by atoms with Gasteiger partial charge in [0.2, 0.25) is 0 Å². The molecule has 1 unspecified atom stereocenters. The first-order valence-electron chi connectivity index (χ1n) is 21.1. The highest BCUT2D eigenvalue weighted by Crippen LogP contribution is 2.64. The molecule has 13 rings (SSSR count). The summed E-state index contributed by atoms with van der Waals surface area (Å²) in [6.07, 6.45) is 0. The Labute approximate surface area is 354 Å². The van der Waals surface area contributed by atoms with Gasteiger partial charge in [-0.1, -0.05) is 188 Å². The van der Waals surface area contributed by atoms with E-state index in [4.69, 9.17) is 4.42 Å². The highest BCUT2D eigenvalue weighted by Gasteiger charge is 2.51. The van der Waals surface area contributed by atoms with Crippen molar-refractivity contribution in [2.24, 2.45) is 0 Å². The number of nitrogens with zero attached hydrogens (tertiary/aromatic N) is 1. The summed E-state index contributed by atoms with van der Waals surface area (Å²) in [5.41, 5.74) is 19.5. The van der Waals surface area contributed by atoms with Crippen molar-refractivity contribution in [2.75, 3.05) is 4.90 Å². The zero-order valence-corrected chi connectivity index (χ0v) is 33.2. The lowest BCUT2D eigenvalue weighted by Crippen LogP contribution is -2.32. The predicted molar refractivity (Wildman–Crippen MR) is 253 cm³/mol. The summed E-state index contributed by atoms with van der Waals surface area (Å²) in [5.74, 6) is 0. The van der Waals surface area contributed by atoms with Crippen molar-refractivity contribution in [3.8, 4) is 44.5 Å². The van der Waals surface area contributed by atoms with Crippen molar-refractivity contribution in [1.29, 1.82) is 0 Å². The van der Waals surface area contributed by atoms with Crippen LogP contribution in [0.4, 0.5) is 17.1 Å². The third-order valence-electron chi connectivity index (χ3n) is 13.3. The fourth-order valence-electron chi connectivity index (χ4n) is 10.9. The Hall–Kier alpha value is -7.94. The van der Waals surface area contributed by atoms with E-state index in [0.717, 1.165) is 50.1 Å². The average molecular weight is 776 g/mol. The quantitative estimate of drug-likeness (QED) is 0.173. The van der Waals surface area contributed by atoms with Gasteiger partial charge in [0.25, 0.3) is 0 Å². The Balaban J connectivity index is 1.18. The normalized spacial score (nSPS) is 14.6. The smallest absolute Gasteiger partial charge is 0.137 e. The SMILES string of the molecule is c1ccc(-c2ccccc2N(c2ccc3c(c2)C2(c4ccccc4-3)c3ccccc3-c3cccc4ccc(-c5ccccc5)c2c34)c2cccc3oc4ccccc4c23)cc1. The minimum absolute atomic E-state index is 0.628. The summed E-state index contributed by atoms with van der Waals surface area (Å²) in [6, 6.07) is 82.5. The number of anilines is 3. The van der Waals surface area contributed by atoms with Crippen molar-refractivity contribution < 1.29 is 4.42 Å². The van der Waals surface area contributed by atoms with E-state index in [1.165, 1.54) is 66.4 Å². The maximum atomic E-state index is 6.57. The Kier molecular flexibility index (Phi) is 7.26. The van der Waals surface area contributed by atoms with E-state index in [-0.39, 0.29) is 0 Å². The zero-order valence-electron chi connectivity index (χ0n) is 33.2. The third kappa shape index (κ3) is 4.73.